The number of furan rings is 1. The summed E-state index contributed by atoms with van der Waals surface area (Å²) in [5.74, 6) is 1.88. The van der Waals surface area contributed by atoms with Crippen LogP contribution in [0.25, 0.3) is 4.96 Å². The highest BCUT2D eigenvalue weighted by atomic mass is 32.1. The molecule has 1 N–H and O–H groups in total. The van der Waals surface area contributed by atoms with Gasteiger partial charge in [0.15, 0.2) is 5.82 Å². The number of fused-ring (bicyclic) bond motifs is 3. The van der Waals surface area contributed by atoms with Crippen molar-refractivity contribution in [3.63, 3.8) is 0 Å². The van der Waals surface area contributed by atoms with Gasteiger partial charge in [-0.05, 0) is 12.1 Å². The van der Waals surface area contributed by atoms with E-state index in [4.69, 9.17) is 4.42 Å². The maximum absolute atomic E-state index is 5.54. The van der Waals surface area contributed by atoms with Crippen LogP contribution in [-0.2, 0) is 12.8 Å². The minimum Gasteiger partial charge on any atom is -0.467 e. The average Bonchev–Trinajstić information content (AvgIpc) is 3.13. The molecule has 1 atom stereocenters. The molecule has 6 heteroatoms. The van der Waals surface area contributed by atoms with Gasteiger partial charge in [-0.25, -0.2) is 9.50 Å². The lowest BCUT2D eigenvalue weighted by Crippen LogP contribution is -2.30. The molecule has 0 radical (unpaired) electrons. The molecule has 1 aliphatic heterocycles. The van der Waals surface area contributed by atoms with Crippen molar-refractivity contribution < 1.29 is 4.42 Å². The SMILES string of the molecule is CCc1nc2sc3c(n2n1)CCNC3c1ccco1. The monoisotopic (exact) mass is 274 g/mol. The minimum atomic E-state index is 0.136. The summed E-state index contributed by atoms with van der Waals surface area (Å²) in [4.78, 5) is 6.83. The van der Waals surface area contributed by atoms with Crippen molar-refractivity contribution in [3.05, 3.63) is 40.6 Å². The Morgan fingerprint density at radius 1 is 1.58 bits per heavy atom. The van der Waals surface area contributed by atoms with Crippen LogP contribution in [0, 0.1) is 0 Å². The van der Waals surface area contributed by atoms with Crippen LogP contribution in [0.3, 0.4) is 0 Å². The molecule has 1 aliphatic rings. The Labute approximate surface area is 114 Å². The van der Waals surface area contributed by atoms with E-state index in [0.29, 0.717) is 0 Å². The van der Waals surface area contributed by atoms with Crippen molar-refractivity contribution in [1.82, 2.24) is 19.9 Å². The summed E-state index contributed by atoms with van der Waals surface area (Å²) in [6.07, 6.45) is 3.58. The van der Waals surface area contributed by atoms with Gasteiger partial charge in [0.2, 0.25) is 4.96 Å². The number of hydrogen-bond acceptors (Lipinski definition) is 5. The first-order valence-corrected chi connectivity index (χ1v) is 7.32. The Balaban J connectivity index is 1.87. The summed E-state index contributed by atoms with van der Waals surface area (Å²) >= 11 is 1.71. The Bertz CT molecular complexity index is 712. The Morgan fingerprint density at radius 3 is 3.32 bits per heavy atom. The second kappa shape index (κ2) is 4.18. The van der Waals surface area contributed by atoms with Gasteiger partial charge in [0.05, 0.1) is 16.8 Å². The second-order valence-electron chi connectivity index (χ2n) is 4.64. The standard InChI is InChI=1S/C13H14N4OS/c1-2-10-15-13-17(16-10)8-5-6-14-11(12(8)19-13)9-4-3-7-18-9/h3-4,7,11,14H,2,5-6H2,1H3. The van der Waals surface area contributed by atoms with Crippen molar-refractivity contribution in [1.29, 1.82) is 0 Å². The molecule has 5 nitrogen and oxygen atoms in total. The number of rotatable bonds is 2. The van der Waals surface area contributed by atoms with Crippen LogP contribution < -0.4 is 5.32 Å². The summed E-state index contributed by atoms with van der Waals surface area (Å²) in [6, 6.07) is 4.08. The lowest BCUT2D eigenvalue weighted by atomic mass is 10.1. The van der Waals surface area contributed by atoms with Crippen LogP contribution in [0.2, 0.25) is 0 Å². The van der Waals surface area contributed by atoms with E-state index in [1.807, 2.05) is 16.6 Å². The van der Waals surface area contributed by atoms with E-state index < -0.39 is 0 Å². The highest BCUT2D eigenvalue weighted by Gasteiger charge is 2.28. The number of nitrogens with one attached hydrogen (secondary N) is 1. The Morgan fingerprint density at radius 2 is 2.53 bits per heavy atom. The third-order valence-electron chi connectivity index (χ3n) is 3.48. The van der Waals surface area contributed by atoms with Crippen molar-refractivity contribution in [2.24, 2.45) is 0 Å². The summed E-state index contributed by atoms with van der Waals surface area (Å²) in [5.41, 5.74) is 1.27. The molecule has 3 aromatic heterocycles. The molecule has 0 saturated carbocycles. The maximum atomic E-state index is 5.54. The smallest absolute Gasteiger partial charge is 0.212 e. The largest absolute Gasteiger partial charge is 0.467 e. The Hall–Kier alpha value is -1.66. The lowest BCUT2D eigenvalue weighted by molar-refractivity contribution is 0.436. The molecule has 0 bridgehead atoms. The zero-order valence-corrected chi connectivity index (χ0v) is 11.4. The molecule has 0 saturated heterocycles. The molecule has 4 rings (SSSR count). The van der Waals surface area contributed by atoms with E-state index in [1.54, 1.807) is 17.6 Å². The number of aromatic nitrogens is 3. The lowest BCUT2D eigenvalue weighted by Gasteiger charge is -2.21. The van der Waals surface area contributed by atoms with E-state index in [2.05, 4.69) is 22.3 Å². The fourth-order valence-electron chi connectivity index (χ4n) is 2.56. The molecule has 0 amide bonds. The molecule has 0 aliphatic carbocycles. The first kappa shape index (κ1) is 11.2. The molecule has 98 valence electrons. The third-order valence-corrected chi connectivity index (χ3v) is 4.62. The molecular formula is C13H14N4OS. The highest BCUT2D eigenvalue weighted by Crippen LogP contribution is 2.35. The highest BCUT2D eigenvalue weighted by molar-refractivity contribution is 7.17. The fraction of sp³-hybridized carbons (Fsp3) is 0.385. The van der Waals surface area contributed by atoms with E-state index in [1.165, 1.54) is 10.6 Å². The van der Waals surface area contributed by atoms with Gasteiger partial charge in [0, 0.05) is 19.4 Å². The van der Waals surface area contributed by atoms with Gasteiger partial charge >= 0.3 is 0 Å². The van der Waals surface area contributed by atoms with Crippen molar-refractivity contribution in [3.8, 4) is 0 Å². The fourth-order valence-corrected chi connectivity index (χ4v) is 3.77. The molecule has 1 unspecified atom stereocenters. The van der Waals surface area contributed by atoms with Gasteiger partial charge < -0.3 is 9.73 Å². The number of thiazole rings is 1. The van der Waals surface area contributed by atoms with E-state index in [-0.39, 0.29) is 6.04 Å². The van der Waals surface area contributed by atoms with Crippen LogP contribution in [0.15, 0.2) is 22.8 Å². The number of nitrogens with zero attached hydrogens (tertiary/aromatic N) is 3. The summed E-state index contributed by atoms with van der Waals surface area (Å²) in [5, 5.41) is 8.08. The van der Waals surface area contributed by atoms with Crippen LogP contribution >= 0.6 is 11.3 Å². The van der Waals surface area contributed by atoms with Crippen LogP contribution in [0.4, 0.5) is 0 Å². The van der Waals surface area contributed by atoms with Crippen molar-refractivity contribution in [2.75, 3.05) is 6.54 Å². The molecule has 4 heterocycles. The normalized spacial score (nSPS) is 18.9. The first-order chi connectivity index (χ1) is 9.36. The van der Waals surface area contributed by atoms with E-state index >= 15 is 0 Å². The van der Waals surface area contributed by atoms with Gasteiger partial charge in [0.25, 0.3) is 0 Å². The summed E-state index contributed by atoms with van der Waals surface area (Å²) in [6.45, 7) is 3.02. The summed E-state index contributed by atoms with van der Waals surface area (Å²) < 4.78 is 7.55. The summed E-state index contributed by atoms with van der Waals surface area (Å²) in [7, 11) is 0. The molecule has 0 fully saturated rings. The van der Waals surface area contributed by atoms with Crippen LogP contribution in [0.1, 0.15) is 35.1 Å². The predicted molar refractivity (Wildman–Crippen MR) is 72.5 cm³/mol. The Kier molecular flexibility index (Phi) is 2.46. The minimum absolute atomic E-state index is 0.136. The third kappa shape index (κ3) is 1.63. The van der Waals surface area contributed by atoms with Gasteiger partial charge in [-0.2, -0.15) is 5.10 Å². The average molecular weight is 274 g/mol. The second-order valence-corrected chi connectivity index (χ2v) is 5.65. The van der Waals surface area contributed by atoms with E-state index in [0.717, 1.165) is 35.9 Å². The van der Waals surface area contributed by atoms with Gasteiger partial charge in [-0.3, -0.25) is 0 Å². The zero-order chi connectivity index (χ0) is 12.8. The molecule has 19 heavy (non-hydrogen) atoms. The quantitative estimate of drug-likeness (QED) is 0.778. The number of hydrogen-bond donors (Lipinski definition) is 1. The van der Waals surface area contributed by atoms with Crippen LogP contribution in [0.5, 0.6) is 0 Å². The maximum Gasteiger partial charge on any atom is 0.212 e. The van der Waals surface area contributed by atoms with Gasteiger partial charge in [-0.1, -0.05) is 18.3 Å². The molecule has 0 aromatic carbocycles. The van der Waals surface area contributed by atoms with Gasteiger partial charge in [-0.15, -0.1) is 0 Å². The number of aryl methyl sites for hydroxylation is 1. The molecular weight excluding hydrogens is 260 g/mol. The topological polar surface area (TPSA) is 55.4 Å². The molecule has 0 spiro atoms. The van der Waals surface area contributed by atoms with Gasteiger partial charge in [0.1, 0.15) is 11.8 Å². The first-order valence-electron chi connectivity index (χ1n) is 6.51. The van der Waals surface area contributed by atoms with Crippen molar-refractivity contribution in [2.45, 2.75) is 25.8 Å². The van der Waals surface area contributed by atoms with Crippen molar-refractivity contribution >= 4 is 16.3 Å². The van der Waals surface area contributed by atoms with Crippen LogP contribution in [-0.4, -0.2) is 21.1 Å². The molecule has 3 aromatic rings. The van der Waals surface area contributed by atoms with E-state index in [9.17, 15) is 0 Å². The predicted octanol–water partition coefficient (Wildman–Crippen LogP) is 2.18. The zero-order valence-electron chi connectivity index (χ0n) is 10.6.